The minimum Gasteiger partial charge on any atom is -0.394 e. The highest BCUT2D eigenvalue weighted by Crippen LogP contribution is 2.32. The molecular formula is C21H37NO16. The van der Waals surface area contributed by atoms with Crippen LogP contribution in [-0.4, -0.2) is 168 Å². The van der Waals surface area contributed by atoms with Crippen LogP contribution in [0.25, 0.3) is 0 Å². The Bertz CT molecular complexity index is 778. The summed E-state index contributed by atoms with van der Waals surface area (Å²) in [6.45, 7) is 0.818. The third kappa shape index (κ3) is 6.43. The summed E-state index contributed by atoms with van der Waals surface area (Å²) in [5, 5.41) is 104. The summed E-state index contributed by atoms with van der Waals surface area (Å²) in [6.07, 6.45) is -24.5. The Kier molecular flexibility index (Phi) is 10.8. The molecule has 0 radical (unpaired) electrons. The van der Waals surface area contributed by atoms with Crippen molar-refractivity contribution in [3.05, 3.63) is 0 Å². The van der Waals surface area contributed by atoms with Gasteiger partial charge in [0.25, 0.3) is 0 Å². The van der Waals surface area contributed by atoms with Crippen molar-refractivity contribution in [2.45, 2.75) is 112 Å². The number of nitrogens with one attached hydrogen (secondary N) is 1. The van der Waals surface area contributed by atoms with E-state index in [1.807, 2.05) is 0 Å². The van der Waals surface area contributed by atoms with Crippen molar-refractivity contribution in [3.8, 4) is 0 Å². The molecule has 16 atom stereocenters. The molecule has 0 saturated carbocycles. The van der Waals surface area contributed by atoms with Gasteiger partial charge in [-0.2, -0.15) is 0 Å². The van der Waals surface area contributed by atoms with Gasteiger partial charge >= 0.3 is 0 Å². The topological polar surface area (TPSA) is 278 Å². The van der Waals surface area contributed by atoms with Gasteiger partial charge in [0.15, 0.2) is 18.9 Å². The lowest BCUT2D eigenvalue weighted by atomic mass is 9.93. The fourth-order valence-electron chi connectivity index (χ4n) is 4.63. The normalized spacial score (nSPS) is 48.9. The fourth-order valence-corrected chi connectivity index (χ4v) is 4.63. The number of rotatable bonds is 8. The van der Waals surface area contributed by atoms with Crippen molar-refractivity contribution < 1.29 is 79.5 Å². The monoisotopic (exact) mass is 559 g/mol. The first-order chi connectivity index (χ1) is 17.8. The fraction of sp³-hybridized carbons (Fsp3) is 0.952. The van der Waals surface area contributed by atoms with Crippen molar-refractivity contribution in [3.63, 3.8) is 0 Å². The quantitative estimate of drug-likeness (QED) is 0.132. The number of aliphatic hydroxyl groups is 10. The molecule has 0 unspecified atom stereocenters. The van der Waals surface area contributed by atoms with Crippen LogP contribution in [-0.2, 0) is 28.5 Å². The lowest BCUT2D eigenvalue weighted by Gasteiger charge is -2.49. The number of carbonyl (C=O) groups is 1. The van der Waals surface area contributed by atoms with Crippen LogP contribution in [0.15, 0.2) is 0 Å². The molecule has 17 nitrogen and oxygen atoms in total. The van der Waals surface area contributed by atoms with Gasteiger partial charge < -0.3 is 80.1 Å². The highest BCUT2D eigenvalue weighted by Gasteiger charge is 2.54. The molecule has 0 spiro atoms. The zero-order chi connectivity index (χ0) is 28.5. The molecule has 0 aromatic rings. The Morgan fingerprint density at radius 3 is 2.03 bits per heavy atom. The van der Waals surface area contributed by atoms with E-state index in [9.17, 15) is 55.9 Å². The molecule has 11 N–H and O–H groups in total. The largest absolute Gasteiger partial charge is 0.394 e. The van der Waals surface area contributed by atoms with E-state index in [-0.39, 0.29) is 0 Å². The zero-order valence-corrected chi connectivity index (χ0v) is 20.6. The molecule has 0 aromatic carbocycles. The van der Waals surface area contributed by atoms with Crippen molar-refractivity contribution in [1.82, 2.24) is 5.32 Å². The van der Waals surface area contributed by atoms with Gasteiger partial charge in [-0.05, 0) is 6.92 Å². The van der Waals surface area contributed by atoms with Crippen LogP contribution in [0.3, 0.4) is 0 Å². The molecule has 38 heavy (non-hydrogen) atoms. The lowest BCUT2D eigenvalue weighted by molar-refractivity contribution is -0.366. The number of ether oxygens (including phenoxy) is 5. The van der Waals surface area contributed by atoms with E-state index in [4.69, 9.17) is 23.7 Å². The molecule has 3 fully saturated rings. The zero-order valence-electron chi connectivity index (χ0n) is 20.6. The van der Waals surface area contributed by atoms with Gasteiger partial charge in [0, 0.05) is 6.92 Å². The number of hydrogen-bond acceptors (Lipinski definition) is 16. The van der Waals surface area contributed by atoms with Crippen molar-refractivity contribution >= 4 is 5.91 Å². The highest BCUT2D eigenvalue weighted by atomic mass is 16.7. The third-order valence-corrected chi connectivity index (χ3v) is 6.78. The minimum atomic E-state index is -1.97. The van der Waals surface area contributed by atoms with Crippen LogP contribution in [0.1, 0.15) is 13.8 Å². The van der Waals surface area contributed by atoms with Crippen LogP contribution in [0, 0.1) is 0 Å². The van der Waals surface area contributed by atoms with E-state index in [0.717, 1.165) is 6.92 Å². The first-order valence-electron chi connectivity index (χ1n) is 12.0. The minimum absolute atomic E-state index is 0.685. The molecule has 3 aliphatic rings. The van der Waals surface area contributed by atoms with Crippen molar-refractivity contribution in [2.75, 3.05) is 13.2 Å². The second kappa shape index (κ2) is 13.0. The molecule has 3 heterocycles. The maximum absolute atomic E-state index is 11.9. The van der Waals surface area contributed by atoms with Crippen molar-refractivity contribution in [2.24, 2.45) is 0 Å². The molecule has 0 aromatic heterocycles. The standard InChI is InChI=1S/C21H37NO16/c1-5-10(27)12(29)13(30)21(34-5)37-17-8(4-24)35-20(9(11(17)28)22-6(2)25)38-18-14(31)16(7(26)3-23)36-19(33)15(18)32/h5,7-21,23-24,26-33H,3-4H2,1-2H3,(H,22,25)/t5-,7+,8+,9+,10+,11+,12+,13-,14+,15-,16+,17+,18-,19-,20-,21-/m0/s1. The number of hydrogen-bond donors (Lipinski definition) is 11. The smallest absolute Gasteiger partial charge is 0.217 e. The number of aliphatic hydroxyl groups excluding tert-OH is 10. The van der Waals surface area contributed by atoms with E-state index in [1.54, 1.807) is 0 Å². The number of amides is 1. The van der Waals surface area contributed by atoms with E-state index < -0.39 is 117 Å². The number of carbonyl (C=O) groups excluding carboxylic acids is 1. The Morgan fingerprint density at radius 2 is 1.45 bits per heavy atom. The summed E-state index contributed by atoms with van der Waals surface area (Å²) < 4.78 is 27.2. The second-order valence-corrected chi connectivity index (χ2v) is 9.55. The van der Waals surface area contributed by atoms with Crippen molar-refractivity contribution in [1.29, 1.82) is 0 Å². The van der Waals surface area contributed by atoms with E-state index in [2.05, 4.69) is 5.32 Å². The second-order valence-electron chi connectivity index (χ2n) is 9.55. The van der Waals surface area contributed by atoms with E-state index in [1.165, 1.54) is 6.92 Å². The molecule has 222 valence electrons. The highest BCUT2D eigenvalue weighted by molar-refractivity contribution is 5.73. The van der Waals surface area contributed by atoms with Crippen LogP contribution < -0.4 is 5.32 Å². The molecule has 1 amide bonds. The summed E-state index contributed by atoms with van der Waals surface area (Å²) in [7, 11) is 0. The first kappa shape index (κ1) is 31.4. The first-order valence-corrected chi connectivity index (χ1v) is 12.0. The average Bonchev–Trinajstić information content (AvgIpc) is 2.88. The van der Waals surface area contributed by atoms with Crippen LogP contribution in [0.5, 0.6) is 0 Å². The average molecular weight is 560 g/mol. The predicted octanol–water partition coefficient (Wildman–Crippen LogP) is -7.04. The molecule has 17 heteroatoms. The molecule has 0 bridgehead atoms. The predicted molar refractivity (Wildman–Crippen MR) is 117 cm³/mol. The van der Waals surface area contributed by atoms with Gasteiger partial charge in [0.05, 0.1) is 19.3 Å². The van der Waals surface area contributed by atoms with Crippen LogP contribution in [0.4, 0.5) is 0 Å². The third-order valence-electron chi connectivity index (χ3n) is 6.78. The van der Waals surface area contributed by atoms with Crippen LogP contribution in [0.2, 0.25) is 0 Å². The maximum Gasteiger partial charge on any atom is 0.217 e. The summed E-state index contributed by atoms with van der Waals surface area (Å²) in [5.74, 6) is -0.685. The summed E-state index contributed by atoms with van der Waals surface area (Å²) >= 11 is 0. The van der Waals surface area contributed by atoms with Crippen LogP contribution >= 0.6 is 0 Å². The molecule has 3 saturated heterocycles. The molecule has 0 aliphatic carbocycles. The summed E-state index contributed by atoms with van der Waals surface area (Å²) in [6, 6.07) is -1.49. The van der Waals surface area contributed by atoms with E-state index >= 15 is 0 Å². The van der Waals surface area contributed by atoms with E-state index in [0.29, 0.717) is 0 Å². The van der Waals surface area contributed by atoms with Gasteiger partial charge in [0.2, 0.25) is 5.91 Å². The van der Waals surface area contributed by atoms with Gasteiger partial charge in [0.1, 0.15) is 73.2 Å². The Labute approximate surface area is 216 Å². The van der Waals surface area contributed by atoms with Gasteiger partial charge in [-0.1, -0.05) is 0 Å². The summed E-state index contributed by atoms with van der Waals surface area (Å²) in [5.41, 5.74) is 0. The Hall–Kier alpha value is -1.13. The van der Waals surface area contributed by atoms with Gasteiger partial charge in [-0.25, -0.2) is 0 Å². The summed E-state index contributed by atoms with van der Waals surface area (Å²) in [4.78, 5) is 11.9. The van der Waals surface area contributed by atoms with Gasteiger partial charge in [-0.15, -0.1) is 0 Å². The SMILES string of the molecule is CC(=O)N[C@H]1[C@H](O[C@H]2[C@H](O)[C@@H]([C@H](O)CO)O[C@H](O)[C@H]2O)O[C@H](CO)[C@@H](O[C@@H]2O[C@@H](C)[C@@H](O)[C@@H](O)[C@@H]2O)[C@@H]1O. The molecule has 3 rings (SSSR count). The Morgan fingerprint density at radius 1 is 0.816 bits per heavy atom. The maximum atomic E-state index is 11.9. The Balaban J connectivity index is 1.83. The molecular weight excluding hydrogens is 522 g/mol. The lowest BCUT2D eigenvalue weighted by Crippen LogP contribution is -2.69. The van der Waals surface area contributed by atoms with Gasteiger partial charge in [-0.3, -0.25) is 4.79 Å². The molecule has 3 aliphatic heterocycles.